The van der Waals surface area contributed by atoms with Crippen LogP contribution in [-0.4, -0.2) is 34.3 Å². The van der Waals surface area contributed by atoms with Crippen molar-refractivity contribution in [1.29, 1.82) is 0 Å². The number of anilines is 2. The highest BCUT2D eigenvalue weighted by atomic mass is 35.5. The van der Waals surface area contributed by atoms with E-state index in [9.17, 15) is 4.79 Å². The SMILES string of the molecule is COCC(=O)Nc1ccc(N2C(=S)N[C@@H](c3ccccn3)[C@H]2c2cccn2-c2cccc(Cl)c2)cc1Cl. The van der Waals surface area contributed by atoms with E-state index in [-0.39, 0.29) is 24.6 Å². The molecule has 37 heavy (non-hydrogen) atoms. The number of halogens is 2. The van der Waals surface area contributed by atoms with E-state index in [2.05, 4.69) is 26.3 Å². The van der Waals surface area contributed by atoms with Crippen LogP contribution < -0.4 is 15.5 Å². The first kappa shape index (κ1) is 25.2. The molecule has 0 spiro atoms. The number of nitrogens with one attached hydrogen (secondary N) is 2. The van der Waals surface area contributed by atoms with Gasteiger partial charge in [-0.25, -0.2) is 0 Å². The van der Waals surface area contributed by atoms with Gasteiger partial charge in [0.1, 0.15) is 12.6 Å². The predicted octanol–water partition coefficient (Wildman–Crippen LogP) is 5.94. The van der Waals surface area contributed by atoms with Crippen molar-refractivity contribution >= 4 is 57.8 Å². The van der Waals surface area contributed by atoms with Crippen LogP contribution in [0.2, 0.25) is 10.0 Å². The van der Waals surface area contributed by atoms with Crippen molar-refractivity contribution < 1.29 is 9.53 Å². The van der Waals surface area contributed by atoms with Crippen molar-refractivity contribution in [2.45, 2.75) is 12.1 Å². The maximum atomic E-state index is 12.0. The smallest absolute Gasteiger partial charge is 0.250 e. The highest BCUT2D eigenvalue weighted by Gasteiger charge is 2.42. The second-order valence-corrected chi connectivity index (χ2v) is 9.66. The minimum Gasteiger partial charge on any atom is -0.375 e. The van der Waals surface area contributed by atoms with E-state index in [0.29, 0.717) is 20.8 Å². The van der Waals surface area contributed by atoms with Gasteiger partial charge in [-0.15, -0.1) is 0 Å². The van der Waals surface area contributed by atoms with Crippen LogP contribution in [0.1, 0.15) is 23.5 Å². The molecule has 4 aromatic rings. The van der Waals surface area contributed by atoms with Crippen molar-refractivity contribution in [2.75, 3.05) is 23.9 Å². The minimum absolute atomic E-state index is 0.0630. The number of pyridine rings is 1. The minimum atomic E-state index is -0.289. The Bertz CT molecular complexity index is 1450. The van der Waals surface area contributed by atoms with Gasteiger partial charge in [0.15, 0.2) is 5.11 Å². The maximum absolute atomic E-state index is 12.0. The summed E-state index contributed by atoms with van der Waals surface area (Å²) in [7, 11) is 1.46. The summed E-state index contributed by atoms with van der Waals surface area (Å²) in [5.41, 5.74) is 4.03. The van der Waals surface area contributed by atoms with Crippen molar-refractivity contribution in [3.05, 3.63) is 107 Å². The number of nitrogens with zero attached hydrogens (tertiary/aromatic N) is 3. The quantitative estimate of drug-likeness (QED) is 0.277. The van der Waals surface area contributed by atoms with Gasteiger partial charge < -0.3 is 24.8 Å². The lowest BCUT2D eigenvalue weighted by atomic mass is 10.0. The average Bonchev–Trinajstić information content (AvgIpc) is 3.50. The Labute approximate surface area is 230 Å². The van der Waals surface area contributed by atoms with E-state index < -0.39 is 0 Å². The van der Waals surface area contributed by atoms with Crippen LogP contribution in [-0.2, 0) is 9.53 Å². The van der Waals surface area contributed by atoms with Gasteiger partial charge in [0.05, 0.1) is 22.4 Å². The Balaban J connectivity index is 1.59. The summed E-state index contributed by atoms with van der Waals surface area (Å²) < 4.78 is 6.99. The van der Waals surface area contributed by atoms with Gasteiger partial charge in [-0.3, -0.25) is 9.78 Å². The lowest BCUT2D eigenvalue weighted by molar-refractivity contribution is -0.119. The second kappa shape index (κ2) is 10.9. The number of amides is 1. The number of carbonyl (C=O) groups excluding carboxylic acids is 1. The van der Waals surface area contributed by atoms with Crippen LogP contribution in [0, 0.1) is 0 Å². The fourth-order valence-electron chi connectivity index (χ4n) is 4.50. The summed E-state index contributed by atoms with van der Waals surface area (Å²) in [4.78, 5) is 18.6. The third-order valence-corrected chi connectivity index (χ3v) is 6.91. The van der Waals surface area contributed by atoms with E-state index in [1.807, 2.05) is 65.7 Å². The number of aromatic nitrogens is 2. The first-order valence-electron chi connectivity index (χ1n) is 11.5. The highest BCUT2D eigenvalue weighted by molar-refractivity contribution is 7.80. The highest BCUT2D eigenvalue weighted by Crippen LogP contribution is 2.43. The molecule has 0 radical (unpaired) electrons. The van der Waals surface area contributed by atoms with Gasteiger partial charge in [0, 0.05) is 41.6 Å². The lowest BCUT2D eigenvalue weighted by Crippen LogP contribution is -2.30. The average molecular weight is 552 g/mol. The van der Waals surface area contributed by atoms with Gasteiger partial charge in [0.2, 0.25) is 5.91 Å². The van der Waals surface area contributed by atoms with Gasteiger partial charge in [-0.05, 0) is 72.9 Å². The van der Waals surface area contributed by atoms with E-state index in [1.54, 1.807) is 18.3 Å². The van der Waals surface area contributed by atoms with Gasteiger partial charge in [-0.1, -0.05) is 35.3 Å². The first-order valence-corrected chi connectivity index (χ1v) is 12.6. The molecule has 1 aliphatic rings. The molecule has 2 aromatic heterocycles. The standard InChI is InChI=1S/C27H23Cl2N5O2S/c1-36-16-24(35)31-21-11-10-19(15-20(21)29)34-26(25(32-27(34)37)22-8-2-3-12-30-22)23-9-5-13-33(23)18-7-4-6-17(28)14-18/h2-15,25-26H,16H2,1H3,(H,31,35)(H,32,37)/t25-,26+/m0/s1. The Morgan fingerprint density at radius 2 is 1.95 bits per heavy atom. The summed E-state index contributed by atoms with van der Waals surface area (Å²) in [6, 6.07) is 22.5. The molecule has 2 atom stereocenters. The number of rotatable bonds is 7. The van der Waals surface area contributed by atoms with Gasteiger partial charge in [0.25, 0.3) is 0 Å². The summed E-state index contributed by atoms with van der Waals surface area (Å²) in [6.07, 6.45) is 3.77. The third kappa shape index (κ3) is 5.19. The second-order valence-electron chi connectivity index (χ2n) is 8.42. The number of hydrogen-bond acceptors (Lipinski definition) is 4. The molecule has 1 aliphatic heterocycles. The molecule has 7 nitrogen and oxygen atoms in total. The van der Waals surface area contributed by atoms with Crippen molar-refractivity contribution in [3.8, 4) is 5.69 Å². The number of ether oxygens (including phenoxy) is 1. The molecule has 5 rings (SSSR count). The molecule has 3 heterocycles. The zero-order chi connectivity index (χ0) is 25.9. The maximum Gasteiger partial charge on any atom is 0.250 e. The lowest BCUT2D eigenvalue weighted by Gasteiger charge is -2.29. The Morgan fingerprint density at radius 1 is 1.08 bits per heavy atom. The molecule has 10 heteroatoms. The van der Waals surface area contributed by atoms with Crippen LogP contribution >= 0.6 is 35.4 Å². The monoisotopic (exact) mass is 551 g/mol. The van der Waals surface area contributed by atoms with Crippen LogP contribution in [0.4, 0.5) is 11.4 Å². The number of thiocarbonyl (C=S) groups is 1. The molecule has 0 unspecified atom stereocenters. The summed E-state index contributed by atoms with van der Waals surface area (Å²) in [5.74, 6) is -0.289. The van der Waals surface area contributed by atoms with Crippen LogP contribution in [0.15, 0.2) is 85.2 Å². The van der Waals surface area contributed by atoms with Crippen molar-refractivity contribution in [3.63, 3.8) is 0 Å². The molecule has 2 aromatic carbocycles. The number of carbonyl (C=O) groups is 1. The van der Waals surface area contributed by atoms with Crippen molar-refractivity contribution in [2.24, 2.45) is 0 Å². The molecular weight excluding hydrogens is 529 g/mol. The van der Waals surface area contributed by atoms with Crippen LogP contribution in [0.3, 0.4) is 0 Å². The largest absolute Gasteiger partial charge is 0.375 e. The molecule has 0 bridgehead atoms. The fraction of sp³-hybridized carbons (Fsp3) is 0.148. The van der Waals surface area contributed by atoms with E-state index >= 15 is 0 Å². The topological polar surface area (TPSA) is 71.4 Å². The third-order valence-electron chi connectivity index (χ3n) is 6.05. The van der Waals surface area contributed by atoms with Crippen LogP contribution in [0.5, 0.6) is 0 Å². The molecule has 1 fully saturated rings. The number of hydrogen-bond donors (Lipinski definition) is 2. The molecule has 1 amide bonds. The Kier molecular flexibility index (Phi) is 7.43. The molecule has 0 saturated carbocycles. The molecule has 2 N–H and O–H groups in total. The van der Waals surface area contributed by atoms with Crippen LogP contribution in [0.25, 0.3) is 5.69 Å². The predicted molar refractivity (Wildman–Crippen MR) is 151 cm³/mol. The van der Waals surface area contributed by atoms with E-state index in [0.717, 1.165) is 22.8 Å². The molecule has 0 aliphatic carbocycles. The summed E-state index contributed by atoms with van der Waals surface area (Å²) in [6.45, 7) is -0.0630. The Hall–Kier alpha value is -3.43. The van der Waals surface area contributed by atoms with Gasteiger partial charge >= 0.3 is 0 Å². The normalized spacial score (nSPS) is 17.1. The Morgan fingerprint density at radius 3 is 2.68 bits per heavy atom. The molecule has 1 saturated heterocycles. The zero-order valence-corrected chi connectivity index (χ0v) is 22.1. The van der Waals surface area contributed by atoms with E-state index in [1.165, 1.54) is 7.11 Å². The molecular formula is C27H23Cl2N5O2S. The fourth-order valence-corrected chi connectivity index (χ4v) is 5.25. The number of methoxy groups -OCH3 is 1. The molecule has 188 valence electrons. The number of benzene rings is 2. The van der Waals surface area contributed by atoms with E-state index in [4.69, 9.17) is 40.2 Å². The summed E-state index contributed by atoms with van der Waals surface area (Å²) >= 11 is 18.7. The summed E-state index contributed by atoms with van der Waals surface area (Å²) in [5, 5.41) is 7.78. The zero-order valence-electron chi connectivity index (χ0n) is 19.8. The van der Waals surface area contributed by atoms with Gasteiger partial charge in [-0.2, -0.15) is 0 Å². The van der Waals surface area contributed by atoms with Crippen molar-refractivity contribution in [1.82, 2.24) is 14.9 Å². The first-order chi connectivity index (χ1) is 18.0.